The van der Waals surface area contributed by atoms with Crippen molar-refractivity contribution in [2.45, 2.75) is 39.4 Å². The quantitative estimate of drug-likeness (QED) is 0.590. The van der Waals surface area contributed by atoms with Gasteiger partial charge in [-0.1, -0.05) is 11.6 Å². The van der Waals surface area contributed by atoms with E-state index in [-0.39, 0.29) is 0 Å². The first kappa shape index (κ1) is 18.4. The number of aromatic nitrogens is 2. The highest BCUT2D eigenvalue weighted by Gasteiger charge is 2.15. The number of nitrogens with zero attached hydrogens (tertiary/aromatic N) is 2. The summed E-state index contributed by atoms with van der Waals surface area (Å²) in [6, 6.07) is 1.64. The van der Waals surface area contributed by atoms with Crippen molar-refractivity contribution in [1.82, 2.24) is 15.3 Å². The number of methoxy groups -OCH3 is 1. The zero-order valence-electron chi connectivity index (χ0n) is 13.4. The molecule has 1 aromatic rings. The third kappa shape index (κ3) is 7.99. The van der Waals surface area contributed by atoms with Gasteiger partial charge in [0.25, 0.3) is 0 Å². The first-order valence-corrected chi connectivity index (χ1v) is 7.41. The highest BCUT2D eigenvalue weighted by atomic mass is 35.5. The molecular weight excluding hydrogens is 308 g/mol. The van der Waals surface area contributed by atoms with Gasteiger partial charge in [-0.25, -0.2) is 14.8 Å². The number of hydrogen-bond acceptors (Lipinski definition) is 6. The number of halogens is 1. The van der Waals surface area contributed by atoms with Crippen LogP contribution in [-0.4, -0.2) is 41.9 Å². The Morgan fingerprint density at radius 1 is 1.32 bits per heavy atom. The summed E-state index contributed by atoms with van der Waals surface area (Å²) < 4.78 is 10.1. The third-order valence-corrected chi connectivity index (χ3v) is 2.54. The molecule has 0 aliphatic carbocycles. The third-order valence-electron chi connectivity index (χ3n) is 2.34. The van der Waals surface area contributed by atoms with Crippen molar-refractivity contribution in [2.24, 2.45) is 0 Å². The van der Waals surface area contributed by atoms with E-state index < -0.39 is 11.7 Å². The lowest BCUT2D eigenvalue weighted by atomic mass is 10.2. The minimum absolute atomic E-state index is 0.301. The van der Waals surface area contributed by atoms with Crippen LogP contribution in [0.4, 0.5) is 10.6 Å². The van der Waals surface area contributed by atoms with Crippen molar-refractivity contribution in [1.29, 1.82) is 0 Å². The van der Waals surface area contributed by atoms with Gasteiger partial charge >= 0.3 is 6.09 Å². The van der Waals surface area contributed by atoms with Crippen LogP contribution in [0.15, 0.2) is 6.07 Å². The SMILES string of the molecule is COCc1nc(Cl)cc(NCCCNC(=O)OC(C)(C)C)n1. The summed E-state index contributed by atoms with van der Waals surface area (Å²) in [5.74, 6) is 1.15. The number of carbonyl (C=O) groups is 1. The van der Waals surface area contributed by atoms with Crippen molar-refractivity contribution in [3.63, 3.8) is 0 Å². The van der Waals surface area contributed by atoms with Gasteiger partial charge in [0, 0.05) is 26.3 Å². The van der Waals surface area contributed by atoms with Crippen LogP contribution in [0, 0.1) is 0 Å². The minimum atomic E-state index is -0.488. The minimum Gasteiger partial charge on any atom is -0.444 e. The maximum atomic E-state index is 11.4. The van der Waals surface area contributed by atoms with Gasteiger partial charge in [0.1, 0.15) is 23.2 Å². The molecule has 124 valence electrons. The summed E-state index contributed by atoms with van der Waals surface area (Å²) in [4.78, 5) is 19.7. The van der Waals surface area contributed by atoms with Crippen molar-refractivity contribution in [2.75, 3.05) is 25.5 Å². The van der Waals surface area contributed by atoms with Gasteiger partial charge in [-0.15, -0.1) is 0 Å². The van der Waals surface area contributed by atoms with Crippen LogP contribution in [0.3, 0.4) is 0 Å². The number of anilines is 1. The number of alkyl carbamates (subject to hydrolysis) is 1. The van der Waals surface area contributed by atoms with Crippen LogP contribution in [0.2, 0.25) is 5.15 Å². The van der Waals surface area contributed by atoms with E-state index in [9.17, 15) is 4.79 Å². The lowest BCUT2D eigenvalue weighted by Gasteiger charge is -2.19. The van der Waals surface area contributed by atoms with Crippen LogP contribution in [0.5, 0.6) is 0 Å². The van der Waals surface area contributed by atoms with E-state index in [1.165, 1.54) is 0 Å². The standard InChI is InChI=1S/C14H23ClN4O3/c1-14(2,3)22-13(20)17-7-5-6-16-11-8-10(15)18-12(19-11)9-21-4/h8H,5-7,9H2,1-4H3,(H,17,20)(H,16,18,19). The number of amides is 1. The second-order valence-electron chi connectivity index (χ2n) is 5.63. The number of nitrogens with one attached hydrogen (secondary N) is 2. The molecule has 0 saturated heterocycles. The molecule has 0 aromatic carbocycles. The maximum Gasteiger partial charge on any atom is 0.407 e. The smallest absolute Gasteiger partial charge is 0.407 e. The highest BCUT2D eigenvalue weighted by Crippen LogP contribution is 2.12. The zero-order valence-corrected chi connectivity index (χ0v) is 14.2. The first-order chi connectivity index (χ1) is 10.3. The number of ether oxygens (including phenoxy) is 2. The van der Waals surface area contributed by atoms with Crippen molar-refractivity contribution >= 4 is 23.5 Å². The van der Waals surface area contributed by atoms with E-state index >= 15 is 0 Å². The molecule has 8 heteroatoms. The molecule has 1 heterocycles. The van der Waals surface area contributed by atoms with E-state index in [0.717, 1.165) is 6.42 Å². The van der Waals surface area contributed by atoms with E-state index in [0.29, 0.717) is 36.5 Å². The molecule has 1 amide bonds. The molecule has 0 unspecified atom stereocenters. The van der Waals surface area contributed by atoms with Crippen molar-refractivity contribution in [3.05, 3.63) is 17.0 Å². The van der Waals surface area contributed by atoms with Crippen molar-refractivity contribution in [3.8, 4) is 0 Å². The Bertz CT molecular complexity index is 491. The van der Waals surface area contributed by atoms with Gasteiger partial charge in [-0.2, -0.15) is 0 Å². The Hall–Kier alpha value is -1.60. The second kappa shape index (κ2) is 8.75. The Balaban J connectivity index is 2.29. The molecule has 1 rings (SSSR count). The van der Waals surface area contributed by atoms with E-state index in [1.807, 2.05) is 20.8 Å². The first-order valence-electron chi connectivity index (χ1n) is 7.03. The Morgan fingerprint density at radius 2 is 2.05 bits per heavy atom. The monoisotopic (exact) mass is 330 g/mol. The molecule has 0 atom stereocenters. The summed E-state index contributed by atoms with van der Waals surface area (Å²) in [5, 5.41) is 6.17. The van der Waals surface area contributed by atoms with Gasteiger partial charge in [-0.3, -0.25) is 0 Å². The average Bonchev–Trinajstić information content (AvgIpc) is 2.36. The molecule has 2 N–H and O–H groups in total. The fraction of sp³-hybridized carbons (Fsp3) is 0.643. The summed E-state index contributed by atoms with van der Waals surface area (Å²) in [6.07, 6.45) is 0.306. The second-order valence-corrected chi connectivity index (χ2v) is 6.02. The van der Waals surface area contributed by atoms with Crippen LogP contribution in [0.25, 0.3) is 0 Å². The number of hydrogen-bond donors (Lipinski definition) is 2. The summed E-state index contributed by atoms with van der Waals surface area (Å²) in [6.45, 7) is 6.91. The van der Waals surface area contributed by atoms with E-state index in [4.69, 9.17) is 21.1 Å². The Kier molecular flexibility index (Phi) is 7.34. The fourth-order valence-electron chi connectivity index (χ4n) is 1.56. The molecule has 22 heavy (non-hydrogen) atoms. The lowest BCUT2D eigenvalue weighted by Crippen LogP contribution is -2.33. The topological polar surface area (TPSA) is 85.4 Å². The van der Waals surface area contributed by atoms with Crippen LogP contribution >= 0.6 is 11.6 Å². The van der Waals surface area contributed by atoms with E-state index in [1.54, 1.807) is 13.2 Å². The average molecular weight is 331 g/mol. The molecule has 0 saturated carbocycles. The molecule has 0 spiro atoms. The fourth-order valence-corrected chi connectivity index (χ4v) is 1.76. The summed E-state index contributed by atoms with van der Waals surface area (Å²) in [7, 11) is 1.57. The molecule has 0 bridgehead atoms. The normalized spacial score (nSPS) is 11.1. The molecule has 1 aromatic heterocycles. The van der Waals surface area contributed by atoms with Crippen LogP contribution in [0.1, 0.15) is 33.0 Å². The van der Waals surface area contributed by atoms with Gasteiger partial charge in [0.05, 0.1) is 0 Å². The van der Waals surface area contributed by atoms with Crippen LogP contribution < -0.4 is 10.6 Å². The molecule has 0 aliphatic heterocycles. The van der Waals surface area contributed by atoms with Gasteiger partial charge in [0.15, 0.2) is 5.82 Å². The summed E-state index contributed by atoms with van der Waals surface area (Å²) >= 11 is 5.91. The number of rotatable bonds is 7. The molecule has 0 fully saturated rings. The number of carbonyl (C=O) groups excluding carboxylic acids is 1. The maximum absolute atomic E-state index is 11.4. The largest absolute Gasteiger partial charge is 0.444 e. The molecular formula is C14H23ClN4O3. The van der Waals surface area contributed by atoms with Crippen LogP contribution in [-0.2, 0) is 16.1 Å². The molecule has 0 aliphatic rings. The van der Waals surface area contributed by atoms with Gasteiger partial charge < -0.3 is 20.1 Å². The Morgan fingerprint density at radius 3 is 2.68 bits per heavy atom. The predicted molar refractivity (Wildman–Crippen MR) is 85.1 cm³/mol. The molecule has 7 nitrogen and oxygen atoms in total. The Labute approximate surface area is 135 Å². The molecule has 0 radical (unpaired) electrons. The van der Waals surface area contributed by atoms with Crippen molar-refractivity contribution < 1.29 is 14.3 Å². The van der Waals surface area contributed by atoms with Gasteiger partial charge in [-0.05, 0) is 27.2 Å². The highest BCUT2D eigenvalue weighted by molar-refractivity contribution is 6.29. The summed E-state index contributed by atoms with van der Waals surface area (Å²) in [5.41, 5.74) is -0.488. The van der Waals surface area contributed by atoms with Gasteiger partial charge in [0.2, 0.25) is 0 Å². The zero-order chi connectivity index (χ0) is 16.6. The lowest BCUT2D eigenvalue weighted by molar-refractivity contribution is 0.0528. The van der Waals surface area contributed by atoms with E-state index in [2.05, 4.69) is 20.6 Å². The predicted octanol–water partition coefficient (Wildman–Crippen LogP) is 2.60.